The summed E-state index contributed by atoms with van der Waals surface area (Å²) in [5.74, 6) is -0.658. The highest BCUT2D eigenvalue weighted by Crippen LogP contribution is 2.35. The second kappa shape index (κ2) is 7.07. The molecule has 1 saturated heterocycles. The largest absolute Gasteiger partial charge is 0.481 e. The molecule has 2 fully saturated rings. The predicted molar refractivity (Wildman–Crippen MR) is 76.4 cm³/mol. The molecule has 1 saturated carbocycles. The number of carbonyl (C=O) groups is 2. The van der Waals surface area contributed by atoms with Crippen molar-refractivity contribution in [2.75, 3.05) is 19.6 Å². The van der Waals surface area contributed by atoms with Gasteiger partial charge in [-0.05, 0) is 38.8 Å². The molecule has 0 radical (unpaired) electrons. The van der Waals surface area contributed by atoms with E-state index < -0.39 is 11.4 Å². The lowest BCUT2D eigenvalue weighted by Crippen LogP contribution is -2.46. The summed E-state index contributed by atoms with van der Waals surface area (Å²) in [5, 5.41) is 15.7. The SMILES string of the molecule is O=C(NCC1(C(=O)O)CCCCCC1)C1CCNCC1. The average Bonchev–Trinajstić information content (AvgIpc) is 2.72. The zero-order valence-electron chi connectivity index (χ0n) is 12.1. The van der Waals surface area contributed by atoms with Crippen LogP contribution in [0, 0.1) is 11.3 Å². The standard InChI is InChI=1S/C15H26N2O3/c18-13(12-5-9-16-10-6-12)17-11-15(14(19)20)7-3-1-2-4-8-15/h12,16H,1-11H2,(H,17,18)(H,19,20). The van der Waals surface area contributed by atoms with E-state index in [1.807, 2.05) is 0 Å². The summed E-state index contributed by atoms with van der Waals surface area (Å²) in [6, 6.07) is 0. The summed E-state index contributed by atoms with van der Waals surface area (Å²) < 4.78 is 0. The Labute approximate surface area is 120 Å². The molecule has 0 bridgehead atoms. The highest BCUT2D eigenvalue weighted by atomic mass is 16.4. The number of carboxylic acids is 1. The Morgan fingerprint density at radius 3 is 2.25 bits per heavy atom. The highest BCUT2D eigenvalue weighted by Gasteiger charge is 2.39. The minimum absolute atomic E-state index is 0.0383. The van der Waals surface area contributed by atoms with Crippen LogP contribution in [0.3, 0.4) is 0 Å². The lowest BCUT2D eigenvalue weighted by Gasteiger charge is -2.30. The van der Waals surface area contributed by atoms with E-state index in [0.29, 0.717) is 19.4 Å². The fraction of sp³-hybridized carbons (Fsp3) is 0.867. The van der Waals surface area contributed by atoms with Crippen LogP contribution in [0.2, 0.25) is 0 Å². The third kappa shape index (κ3) is 3.72. The van der Waals surface area contributed by atoms with Gasteiger partial charge < -0.3 is 15.7 Å². The summed E-state index contributed by atoms with van der Waals surface area (Å²) in [5.41, 5.74) is -0.737. The first-order valence-corrected chi connectivity index (χ1v) is 7.86. The number of hydrogen-bond acceptors (Lipinski definition) is 3. The van der Waals surface area contributed by atoms with Gasteiger partial charge >= 0.3 is 5.97 Å². The van der Waals surface area contributed by atoms with Crippen LogP contribution in [0.4, 0.5) is 0 Å². The van der Waals surface area contributed by atoms with E-state index in [1.165, 1.54) is 0 Å². The van der Waals surface area contributed by atoms with E-state index in [2.05, 4.69) is 10.6 Å². The molecule has 5 nitrogen and oxygen atoms in total. The van der Waals surface area contributed by atoms with Crippen molar-refractivity contribution >= 4 is 11.9 Å². The zero-order valence-corrected chi connectivity index (χ0v) is 12.1. The van der Waals surface area contributed by atoms with Gasteiger partial charge in [-0.25, -0.2) is 0 Å². The Bertz CT molecular complexity index is 343. The molecule has 1 aliphatic carbocycles. The van der Waals surface area contributed by atoms with Crippen LogP contribution in [-0.2, 0) is 9.59 Å². The molecule has 1 heterocycles. The first-order valence-electron chi connectivity index (χ1n) is 7.86. The molecular weight excluding hydrogens is 256 g/mol. The molecule has 0 atom stereocenters. The maximum absolute atomic E-state index is 12.2. The number of piperidine rings is 1. The van der Waals surface area contributed by atoms with Crippen molar-refractivity contribution in [3.05, 3.63) is 0 Å². The van der Waals surface area contributed by atoms with Crippen LogP contribution in [0.1, 0.15) is 51.4 Å². The van der Waals surface area contributed by atoms with Crippen LogP contribution in [0.15, 0.2) is 0 Å². The molecule has 1 aliphatic heterocycles. The Balaban J connectivity index is 1.91. The number of amides is 1. The third-order valence-electron chi connectivity index (χ3n) is 4.83. The maximum atomic E-state index is 12.2. The molecule has 3 N–H and O–H groups in total. The van der Waals surface area contributed by atoms with Gasteiger partial charge in [-0.2, -0.15) is 0 Å². The molecule has 1 amide bonds. The maximum Gasteiger partial charge on any atom is 0.311 e. The molecule has 0 spiro atoms. The van der Waals surface area contributed by atoms with E-state index >= 15 is 0 Å². The van der Waals surface area contributed by atoms with Crippen LogP contribution in [0.5, 0.6) is 0 Å². The van der Waals surface area contributed by atoms with Crippen molar-refractivity contribution in [1.29, 1.82) is 0 Å². The molecule has 0 aromatic carbocycles. The quantitative estimate of drug-likeness (QED) is 0.683. The molecular formula is C15H26N2O3. The summed E-state index contributed by atoms with van der Waals surface area (Å²) in [6.45, 7) is 2.05. The molecule has 5 heteroatoms. The summed E-state index contributed by atoms with van der Waals surface area (Å²) >= 11 is 0. The summed E-state index contributed by atoms with van der Waals surface area (Å²) in [6.07, 6.45) is 7.21. The van der Waals surface area contributed by atoms with Gasteiger partial charge in [0.2, 0.25) is 5.91 Å². The normalized spacial score (nSPS) is 23.8. The smallest absolute Gasteiger partial charge is 0.311 e. The van der Waals surface area contributed by atoms with Crippen molar-refractivity contribution < 1.29 is 14.7 Å². The minimum Gasteiger partial charge on any atom is -0.481 e. The van der Waals surface area contributed by atoms with Gasteiger partial charge in [-0.1, -0.05) is 25.7 Å². The van der Waals surface area contributed by atoms with Crippen molar-refractivity contribution in [3.63, 3.8) is 0 Å². The number of aliphatic carboxylic acids is 1. The first-order chi connectivity index (χ1) is 9.64. The van der Waals surface area contributed by atoms with E-state index in [1.54, 1.807) is 0 Å². The van der Waals surface area contributed by atoms with Gasteiger partial charge in [0.1, 0.15) is 0 Å². The van der Waals surface area contributed by atoms with Crippen molar-refractivity contribution in [1.82, 2.24) is 10.6 Å². The fourth-order valence-corrected chi connectivity index (χ4v) is 3.36. The van der Waals surface area contributed by atoms with Gasteiger partial charge in [-0.15, -0.1) is 0 Å². The number of hydrogen-bond donors (Lipinski definition) is 3. The average molecular weight is 282 g/mol. The van der Waals surface area contributed by atoms with Crippen LogP contribution >= 0.6 is 0 Å². The lowest BCUT2D eigenvalue weighted by atomic mass is 9.80. The molecule has 0 unspecified atom stereocenters. The Morgan fingerprint density at radius 2 is 1.70 bits per heavy atom. The minimum atomic E-state index is -0.745. The van der Waals surface area contributed by atoms with E-state index in [4.69, 9.17) is 0 Å². The lowest BCUT2D eigenvalue weighted by molar-refractivity contribution is -0.150. The Morgan fingerprint density at radius 1 is 1.10 bits per heavy atom. The van der Waals surface area contributed by atoms with Crippen molar-refractivity contribution in [3.8, 4) is 0 Å². The van der Waals surface area contributed by atoms with Crippen molar-refractivity contribution in [2.45, 2.75) is 51.4 Å². The van der Waals surface area contributed by atoms with Gasteiger partial charge in [0, 0.05) is 12.5 Å². The number of rotatable bonds is 4. The van der Waals surface area contributed by atoms with E-state index in [9.17, 15) is 14.7 Å². The predicted octanol–water partition coefficient (Wildman–Crippen LogP) is 1.53. The topological polar surface area (TPSA) is 78.4 Å². The molecule has 20 heavy (non-hydrogen) atoms. The second-order valence-corrected chi connectivity index (χ2v) is 6.24. The summed E-state index contributed by atoms with van der Waals surface area (Å²) in [7, 11) is 0. The third-order valence-corrected chi connectivity index (χ3v) is 4.83. The molecule has 2 aliphatic rings. The fourth-order valence-electron chi connectivity index (χ4n) is 3.36. The highest BCUT2D eigenvalue weighted by molar-refractivity contribution is 5.80. The van der Waals surface area contributed by atoms with Crippen molar-refractivity contribution in [2.24, 2.45) is 11.3 Å². The van der Waals surface area contributed by atoms with Gasteiger partial charge in [0.15, 0.2) is 0 Å². The molecule has 0 aromatic rings. The van der Waals surface area contributed by atoms with Gasteiger partial charge in [-0.3, -0.25) is 9.59 Å². The Kier molecular flexibility index (Phi) is 5.40. The van der Waals surface area contributed by atoms with Crippen LogP contribution in [-0.4, -0.2) is 36.6 Å². The number of nitrogens with one attached hydrogen (secondary N) is 2. The van der Waals surface area contributed by atoms with E-state index in [0.717, 1.165) is 51.6 Å². The molecule has 0 aromatic heterocycles. The van der Waals surface area contributed by atoms with Crippen LogP contribution < -0.4 is 10.6 Å². The van der Waals surface area contributed by atoms with Crippen LogP contribution in [0.25, 0.3) is 0 Å². The monoisotopic (exact) mass is 282 g/mol. The Hall–Kier alpha value is -1.10. The van der Waals surface area contributed by atoms with Gasteiger partial charge in [0.25, 0.3) is 0 Å². The molecule has 2 rings (SSSR count). The number of carboxylic acid groups (broad SMARTS) is 1. The number of carbonyl (C=O) groups excluding carboxylic acids is 1. The van der Waals surface area contributed by atoms with E-state index in [-0.39, 0.29) is 11.8 Å². The molecule has 114 valence electrons. The first kappa shape index (κ1) is 15.3. The summed E-state index contributed by atoms with van der Waals surface area (Å²) in [4.78, 5) is 23.8. The second-order valence-electron chi connectivity index (χ2n) is 6.24. The zero-order chi connectivity index (χ0) is 14.4. The van der Waals surface area contributed by atoms with Gasteiger partial charge in [0.05, 0.1) is 5.41 Å².